The second kappa shape index (κ2) is 6.74. The van der Waals surface area contributed by atoms with E-state index >= 15 is 0 Å². The van der Waals surface area contributed by atoms with Gasteiger partial charge in [0.05, 0.1) is 16.3 Å². The number of carbonyl (C=O) groups excluding carboxylic acids is 1. The van der Waals surface area contributed by atoms with Crippen LogP contribution in [0, 0.1) is 11.3 Å². The number of nitrogens with one attached hydrogen (secondary N) is 1. The first kappa shape index (κ1) is 15.4. The number of hydrogen-bond donors (Lipinski definition) is 1. The van der Waals surface area contributed by atoms with E-state index < -0.39 is 0 Å². The molecule has 1 aliphatic rings. The molecule has 0 atom stereocenters. The molecule has 3 rings (SSSR count). The summed E-state index contributed by atoms with van der Waals surface area (Å²) in [5.41, 5.74) is 1.77. The third-order valence-corrected chi connectivity index (χ3v) is 6.20. The van der Waals surface area contributed by atoms with Crippen LogP contribution < -0.4 is 5.32 Å². The molecule has 0 fully saturated rings. The molecule has 0 saturated carbocycles. The van der Waals surface area contributed by atoms with Crippen molar-refractivity contribution in [1.82, 2.24) is 0 Å². The Balaban J connectivity index is 1.66. The molecule has 1 N–H and O–H groups in total. The number of amides is 1. The fourth-order valence-corrected chi connectivity index (χ4v) is 4.77. The van der Waals surface area contributed by atoms with Gasteiger partial charge in [-0.05, 0) is 37.0 Å². The minimum atomic E-state index is -0.110. The summed E-state index contributed by atoms with van der Waals surface area (Å²) in [6.45, 7) is 0. The minimum Gasteiger partial charge on any atom is -0.316 e. The number of thioether (sulfide) groups is 1. The fraction of sp³-hybridized carbons (Fsp3) is 0.250. The minimum absolute atomic E-state index is 0.110. The molecule has 1 aromatic carbocycles. The Morgan fingerprint density at radius 2 is 2.23 bits per heavy atom. The van der Waals surface area contributed by atoms with E-state index in [9.17, 15) is 10.1 Å². The number of benzene rings is 1. The van der Waals surface area contributed by atoms with Crippen LogP contribution in [0.25, 0.3) is 0 Å². The zero-order valence-corrected chi connectivity index (χ0v) is 14.1. The van der Waals surface area contributed by atoms with E-state index in [2.05, 4.69) is 11.4 Å². The van der Waals surface area contributed by atoms with Crippen molar-refractivity contribution in [2.24, 2.45) is 0 Å². The second-order valence-electron chi connectivity index (χ2n) is 4.94. The van der Waals surface area contributed by atoms with Crippen LogP contribution in [-0.2, 0) is 17.6 Å². The van der Waals surface area contributed by atoms with E-state index in [4.69, 9.17) is 11.6 Å². The van der Waals surface area contributed by atoms with Gasteiger partial charge in [0.2, 0.25) is 5.91 Å². The number of nitrogens with zero attached hydrogens (tertiary/aromatic N) is 1. The Bertz CT molecular complexity index is 764. The Labute approximate surface area is 142 Å². The first-order valence-corrected chi connectivity index (χ1v) is 9.09. The number of rotatable bonds is 4. The zero-order valence-electron chi connectivity index (χ0n) is 11.7. The predicted molar refractivity (Wildman–Crippen MR) is 91.9 cm³/mol. The van der Waals surface area contributed by atoms with Gasteiger partial charge in [-0.15, -0.1) is 23.1 Å². The molecule has 22 heavy (non-hydrogen) atoms. The molecule has 0 bridgehead atoms. The second-order valence-corrected chi connectivity index (χ2v) is 7.47. The van der Waals surface area contributed by atoms with Gasteiger partial charge in [0.1, 0.15) is 11.1 Å². The van der Waals surface area contributed by atoms with Crippen molar-refractivity contribution >= 4 is 45.6 Å². The summed E-state index contributed by atoms with van der Waals surface area (Å²) in [7, 11) is 0. The topological polar surface area (TPSA) is 52.9 Å². The summed E-state index contributed by atoms with van der Waals surface area (Å²) in [5, 5.41) is 13.5. The lowest BCUT2D eigenvalue weighted by Crippen LogP contribution is -2.14. The van der Waals surface area contributed by atoms with Gasteiger partial charge in [0, 0.05) is 9.77 Å². The summed E-state index contributed by atoms with van der Waals surface area (Å²) in [4.78, 5) is 14.2. The number of fused-ring (bicyclic) bond motifs is 1. The molecular formula is C16H13ClN2OS2. The van der Waals surface area contributed by atoms with Crippen LogP contribution in [0.2, 0.25) is 5.02 Å². The zero-order chi connectivity index (χ0) is 15.5. The van der Waals surface area contributed by atoms with Crippen molar-refractivity contribution in [3.8, 4) is 6.07 Å². The number of anilines is 1. The molecule has 3 nitrogen and oxygen atoms in total. The molecule has 1 aliphatic carbocycles. The largest absolute Gasteiger partial charge is 0.316 e. The quantitative estimate of drug-likeness (QED) is 0.828. The van der Waals surface area contributed by atoms with Crippen LogP contribution in [-0.4, -0.2) is 11.7 Å². The summed E-state index contributed by atoms with van der Waals surface area (Å²) < 4.78 is 0. The maximum atomic E-state index is 12.1. The van der Waals surface area contributed by atoms with Crippen LogP contribution in [0.1, 0.15) is 22.4 Å². The normalized spacial score (nSPS) is 12.7. The Morgan fingerprint density at radius 1 is 1.41 bits per heavy atom. The van der Waals surface area contributed by atoms with Crippen molar-refractivity contribution in [3.63, 3.8) is 0 Å². The number of halogens is 1. The van der Waals surface area contributed by atoms with Gasteiger partial charge >= 0.3 is 0 Å². The molecular weight excluding hydrogens is 336 g/mol. The van der Waals surface area contributed by atoms with E-state index in [-0.39, 0.29) is 11.7 Å². The Kier molecular flexibility index (Phi) is 4.72. The maximum Gasteiger partial charge on any atom is 0.235 e. The average molecular weight is 349 g/mol. The first-order valence-electron chi connectivity index (χ1n) is 6.91. The van der Waals surface area contributed by atoms with Crippen LogP contribution in [0.15, 0.2) is 29.2 Å². The first-order chi connectivity index (χ1) is 10.7. The van der Waals surface area contributed by atoms with Crippen LogP contribution in [0.3, 0.4) is 0 Å². The van der Waals surface area contributed by atoms with Crippen molar-refractivity contribution in [3.05, 3.63) is 45.3 Å². The summed E-state index contributed by atoms with van der Waals surface area (Å²) in [5.74, 6) is 0.165. The lowest BCUT2D eigenvalue weighted by atomic mass is 10.1. The third-order valence-electron chi connectivity index (χ3n) is 3.48. The molecule has 1 amide bonds. The molecule has 112 valence electrons. The summed E-state index contributed by atoms with van der Waals surface area (Å²) in [6, 6.07) is 9.68. The number of hydrogen-bond acceptors (Lipinski definition) is 4. The molecule has 0 spiro atoms. The van der Waals surface area contributed by atoms with Crippen molar-refractivity contribution < 1.29 is 4.79 Å². The molecule has 0 saturated heterocycles. The van der Waals surface area contributed by atoms with Crippen LogP contribution in [0.4, 0.5) is 5.00 Å². The number of nitriles is 1. The molecule has 1 heterocycles. The summed E-state index contributed by atoms with van der Waals surface area (Å²) in [6.07, 6.45) is 3.06. The lowest BCUT2D eigenvalue weighted by molar-refractivity contribution is -0.113. The van der Waals surface area contributed by atoms with E-state index in [1.54, 1.807) is 6.07 Å². The van der Waals surface area contributed by atoms with E-state index in [0.717, 1.165) is 29.7 Å². The molecule has 6 heteroatoms. The number of thiophene rings is 1. The molecule has 2 aromatic rings. The maximum absolute atomic E-state index is 12.1. The highest BCUT2D eigenvalue weighted by atomic mass is 35.5. The van der Waals surface area contributed by atoms with Gasteiger partial charge in [-0.3, -0.25) is 4.79 Å². The number of carbonyl (C=O) groups is 1. The van der Waals surface area contributed by atoms with Gasteiger partial charge in [-0.2, -0.15) is 5.26 Å². The standard InChI is InChI=1S/C16H13ClN2OS2/c17-12-5-1-2-6-14(12)21-9-15(20)19-16-11(8-18)10-4-3-7-13(10)22-16/h1-2,5-6H,3-4,7,9H2,(H,19,20). The number of aryl methyl sites for hydroxylation is 1. The van der Waals surface area contributed by atoms with E-state index in [0.29, 0.717) is 15.6 Å². The highest BCUT2D eigenvalue weighted by Crippen LogP contribution is 2.38. The summed E-state index contributed by atoms with van der Waals surface area (Å²) >= 11 is 9.01. The smallest absolute Gasteiger partial charge is 0.235 e. The molecule has 0 aliphatic heterocycles. The highest BCUT2D eigenvalue weighted by Gasteiger charge is 2.23. The monoisotopic (exact) mass is 348 g/mol. The van der Waals surface area contributed by atoms with Gasteiger partial charge in [-0.25, -0.2) is 0 Å². The van der Waals surface area contributed by atoms with E-state index in [1.165, 1.54) is 28.0 Å². The Hall–Kier alpha value is -1.48. The van der Waals surface area contributed by atoms with Gasteiger partial charge in [0.15, 0.2) is 0 Å². The van der Waals surface area contributed by atoms with Crippen molar-refractivity contribution in [2.45, 2.75) is 24.2 Å². The van der Waals surface area contributed by atoms with Crippen molar-refractivity contribution in [2.75, 3.05) is 11.1 Å². The fourth-order valence-electron chi connectivity index (χ4n) is 2.48. The van der Waals surface area contributed by atoms with Gasteiger partial charge < -0.3 is 5.32 Å². The lowest BCUT2D eigenvalue weighted by Gasteiger charge is -2.05. The Morgan fingerprint density at radius 3 is 3.00 bits per heavy atom. The predicted octanol–water partition coefficient (Wildman–Crippen LogP) is 4.49. The highest BCUT2D eigenvalue weighted by molar-refractivity contribution is 8.00. The molecule has 1 aromatic heterocycles. The third kappa shape index (κ3) is 3.14. The van der Waals surface area contributed by atoms with Gasteiger partial charge in [-0.1, -0.05) is 23.7 Å². The van der Waals surface area contributed by atoms with Crippen molar-refractivity contribution in [1.29, 1.82) is 5.26 Å². The van der Waals surface area contributed by atoms with Crippen LogP contribution >= 0.6 is 34.7 Å². The molecule has 0 unspecified atom stereocenters. The average Bonchev–Trinajstić information content (AvgIpc) is 3.06. The van der Waals surface area contributed by atoms with Gasteiger partial charge in [0.25, 0.3) is 0 Å². The van der Waals surface area contributed by atoms with E-state index in [1.807, 2.05) is 18.2 Å². The molecule has 0 radical (unpaired) electrons. The van der Waals surface area contributed by atoms with Crippen LogP contribution in [0.5, 0.6) is 0 Å². The SMILES string of the molecule is N#Cc1c(NC(=O)CSc2ccccc2Cl)sc2c1CCC2.